The predicted molar refractivity (Wildman–Crippen MR) is 51.6 cm³/mol. The second-order valence-corrected chi connectivity index (χ2v) is 1.33. The van der Waals surface area contributed by atoms with E-state index in [0.29, 0.717) is 0 Å². The topological polar surface area (TPSA) is 302 Å². The van der Waals surface area contributed by atoms with Gasteiger partial charge in [0.05, 0.1) is 0 Å². The molecule has 0 fully saturated rings. The molecule has 0 aliphatic carbocycles. The zero-order valence-electron chi connectivity index (χ0n) is 10.1. The molecule has 22 heavy (non-hydrogen) atoms. The maximum atomic E-state index is 8.44. The van der Waals surface area contributed by atoms with Crippen molar-refractivity contribution < 1.29 is 75.0 Å². The maximum absolute atomic E-state index is 8.44. The van der Waals surface area contributed by atoms with Crippen LogP contribution in [0.4, 0.5) is 24.0 Å². The Morgan fingerprint density at radius 1 is 0.455 bits per heavy atom. The Morgan fingerprint density at radius 3 is 0.455 bits per heavy atom. The van der Waals surface area contributed by atoms with Gasteiger partial charge in [-0.25, -0.2) is 0 Å². The zero-order valence-corrected chi connectivity index (χ0v) is 12.7. The van der Waals surface area contributed by atoms with E-state index in [1.54, 1.807) is 0 Å². The normalized spacial score (nSPS) is 5.45. The summed E-state index contributed by atoms with van der Waals surface area (Å²) in [5.74, 6) is 0. The zero-order chi connectivity index (χ0) is 17.9. The molecule has 5 N–H and O–H groups in total. The fourth-order valence-corrected chi connectivity index (χ4v) is 0. The van der Waals surface area contributed by atoms with Gasteiger partial charge in [0.2, 0.25) is 30.8 Å². The number of hydrogen-bond donors (Lipinski definition) is 5. The van der Waals surface area contributed by atoms with Crippen LogP contribution in [0.3, 0.4) is 0 Å². The van der Waals surface area contributed by atoms with Crippen molar-refractivity contribution in [3.63, 3.8) is 0 Å². The van der Waals surface area contributed by atoms with Gasteiger partial charge in [-0.1, -0.05) is 0 Å². The van der Waals surface area contributed by atoms with Crippen LogP contribution in [0.5, 0.6) is 0 Å². The summed E-state index contributed by atoms with van der Waals surface area (Å²) in [4.78, 5) is 42.2. The molecule has 120 valence electrons. The van der Waals surface area contributed by atoms with Gasteiger partial charge in [-0.3, -0.25) is 0 Å². The molecule has 0 amide bonds. The molecule has 0 spiro atoms. The van der Waals surface area contributed by atoms with Crippen LogP contribution < -0.4 is 25.5 Å². The third-order valence-electron chi connectivity index (χ3n) is 0. The summed E-state index contributed by atoms with van der Waals surface area (Å²) in [6.45, 7) is 0. The summed E-state index contributed by atoms with van der Waals surface area (Å²) < 4.78 is 0. The van der Waals surface area contributed by atoms with Crippen LogP contribution in [-0.2, 0) is 0 Å². The van der Waals surface area contributed by atoms with Gasteiger partial charge in [0.25, 0.3) is 0 Å². The van der Waals surface area contributed by atoms with Crippen LogP contribution in [-0.4, -0.2) is 96.7 Å². The van der Waals surface area contributed by atoms with Crippen molar-refractivity contribution in [2.45, 2.75) is 0 Å². The van der Waals surface area contributed by atoms with E-state index in [9.17, 15) is 0 Å². The molecule has 0 bridgehead atoms. The van der Waals surface area contributed by atoms with Gasteiger partial charge in [0.15, 0.2) is 0 Å². The molecular formula is C5H5AlMgO15. The molecule has 0 aliphatic heterocycles. The van der Waals surface area contributed by atoms with Crippen LogP contribution in [0.15, 0.2) is 0 Å². The maximum Gasteiger partial charge on any atom is 3.00 e. The molecule has 0 aromatic rings. The Morgan fingerprint density at radius 2 is 0.455 bits per heavy atom. The summed E-state index contributed by atoms with van der Waals surface area (Å²) in [5.41, 5.74) is 0. The summed E-state index contributed by atoms with van der Waals surface area (Å²) >= 11 is 0. The molecule has 0 aromatic heterocycles. The molecule has 15 nitrogen and oxygen atoms in total. The van der Waals surface area contributed by atoms with E-state index in [0.717, 1.165) is 0 Å². The van der Waals surface area contributed by atoms with Gasteiger partial charge in [-0.05, 0) is 0 Å². The Bertz CT molecular complexity index is 213. The SMILES string of the molecule is O=C([O-])O.O=C([O-])O.O=C([O-])O.O=C([O-])O.O=C([O-])O.[Al+3].[Mg+2]. The molecule has 0 atom stereocenters. The number of hydrogen-bond acceptors (Lipinski definition) is 10. The summed E-state index contributed by atoms with van der Waals surface area (Å²) in [5, 5.41) is 76.5. The Balaban J connectivity index is -0.0000000250. The molecule has 0 radical (unpaired) electrons. The van der Waals surface area contributed by atoms with Crippen LogP contribution >= 0.6 is 0 Å². The van der Waals surface area contributed by atoms with Gasteiger partial charge in [-0.2, -0.15) is 0 Å². The van der Waals surface area contributed by atoms with E-state index in [1.165, 1.54) is 0 Å². The van der Waals surface area contributed by atoms with Gasteiger partial charge < -0.3 is 75.0 Å². The smallest absolute Gasteiger partial charge is 0.565 e. The quantitative estimate of drug-likeness (QED) is 0.252. The summed E-state index contributed by atoms with van der Waals surface area (Å²) in [6, 6.07) is 0. The molecule has 0 aromatic carbocycles. The van der Waals surface area contributed by atoms with E-state index in [-0.39, 0.29) is 40.4 Å². The Labute approximate surface area is 146 Å². The molecule has 17 heteroatoms. The molecule has 0 aliphatic rings. The molecule has 0 saturated heterocycles. The largest absolute Gasteiger partial charge is 3.00 e. The van der Waals surface area contributed by atoms with Crippen molar-refractivity contribution >= 4 is 71.2 Å². The first-order valence-corrected chi connectivity index (χ1v) is 3.16. The van der Waals surface area contributed by atoms with Gasteiger partial charge in [-0.15, -0.1) is 0 Å². The van der Waals surface area contributed by atoms with E-state index in [2.05, 4.69) is 0 Å². The van der Waals surface area contributed by atoms with Crippen molar-refractivity contribution in [2.24, 2.45) is 0 Å². The third kappa shape index (κ3) is 885. The van der Waals surface area contributed by atoms with E-state index < -0.39 is 30.8 Å². The van der Waals surface area contributed by atoms with Crippen molar-refractivity contribution in [1.82, 2.24) is 0 Å². The fraction of sp³-hybridized carbons (Fsp3) is 0. The fourth-order valence-electron chi connectivity index (χ4n) is 0. The van der Waals surface area contributed by atoms with E-state index >= 15 is 0 Å². The first-order chi connectivity index (χ1) is 8.66. The Kier molecular flexibility index (Phi) is 70.5. The van der Waals surface area contributed by atoms with Gasteiger partial charge in [0, 0.05) is 0 Å². The standard InChI is InChI=1S/5CH2O3.Al.Mg/c5*2-1(3)4;;/h5*(H2,2,3,4);;/q;;;;;+3;+2/p-5. The summed E-state index contributed by atoms with van der Waals surface area (Å²) in [6.07, 6.45) is -10.4. The number of carbonyl (C=O) groups is 5. The van der Waals surface area contributed by atoms with Crippen molar-refractivity contribution in [2.75, 3.05) is 0 Å². The molecule has 0 saturated carbocycles. The Hall–Kier alpha value is -2.35. The van der Waals surface area contributed by atoms with E-state index in [4.69, 9.17) is 75.0 Å². The second kappa shape index (κ2) is 36.3. The van der Waals surface area contributed by atoms with E-state index in [1.807, 2.05) is 0 Å². The van der Waals surface area contributed by atoms with Crippen molar-refractivity contribution in [1.29, 1.82) is 0 Å². The molecular weight excluding hydrogens is 351 g/mol. The molecule has 0 unspecified atom stereocenters. The third-order valence-corrected chi connectivity index (χ3v) is 0. The average molecular weight is 356 g/mol. The minimum atomic E-state index is -2.08. The predicted octanol–water partition coefficient (Wildman–Crippen LogP) is -6.32. The van der Waals surface area contributed by atoms with Crippen LogP contribution in [0, 0.1) is 0 Å². The van der Waals surface area contributed by atoms with Gasteiger partial charge >= 0.3 is 40.4 Å². The number of carboxylic acid groups (broad SMARTS) is 10. The van der Waals surface area contributed by atoms with Crippen LogP contribution in [0.1, 0.15) is 0 Å². The summed E-state index contributed by atoms with van der Waals surface area (Å²) in [7, 11) is 0. The van der Waals surface area contributed by atoms with Crippen molar-refractivity contribution in [3.05, 3.63) is 0 Å². The second-order valence-electron chi connectivity index (χ2n) is 1.33. The minimum Gasteiger partial charge on any atom is -0.565 e. The average Bonchev–Trinajstić information content (AvgIpc) is 1.94. The monoisotopic (exact) mass is 356 g/mol. The molecule has 0 rings (SSSR count). The van der Waals surface area contributed by atoms with Crippen molar-refractivity contribution in [3.8, 4) is 0 Å². The van der Waals surface area contributed by atoms with Gasteiger partial charge in [0.1, 0.15) is 0 Å². The first kappa shape index (κ1) is 42.7. The first-order valence-electron chi connectivity index (χ1n) is 3.16. The van der Waals surface area contributed by atoms with Crippen LogP contribution in [0.2, 0.25) is 0 Å². The number of rotatable bonds is 0. The molecule has 0 heterocycles. The van der Waals surface area contributed by atoms with Crippen LogP contribution in [0.25, 0.3) is 0 Å². The minimum absolute atomic E-state index is 0.